The summed E-state index contributed by atoms with van der Waals surface area (Å²) in [6, 6.07) is 1.07. The van der Waals surface area contributed by atoms with Crippen LogP contribution in [-0.2, 0) is 6.42 Å². The van der Waals surface area contributed by atoms with Crippen molar-refractivity contribution in [1.29, 1.82) is 0 Å². The molecule has 0 aliphatic carbocycles. The fourth-order valence-electron chi connectivity index (χ4n) is 1.30. The van der Waals surface area contributed by atoms with Crippen molar-refractivity contribution in [1.82, 2.24) is 0 Å². The van der Waals surface area contributed by atoms with E-state index in [1.807, 2.05) is 0 Å². The number of halogens is 2. The molecule has 4 heteroatoms. The molecule has 0 heterocycles. The molecule has 1 rings (SSSR count). The standard InChI is InChI=1S/C10H12ClFO2/c1-5(13)3-7-6(2)8(11)4-9(12)10(7)14/h4-5,13-14H,3H2,1-2H3. The van der Waals surface area contributed by atoms with E-state index in [0.717, 1.165) is 6.07 Å². The SMILES string of the molecule is Cc1c(Cl)cc(F)c(O)c1CC(C)O. The quantitative estimate of drug-likeness (QED) is 0.801. The first-order valence-corrected chi connectivity index (χ1v) is 4.65. The van der Waals surface area contributed by atoms with Crippen molar-refractivity contribution in [3.63, 3.8) is 0 Å². The molecule has 0 bridgehead atoms. The molecule has 14 heavy (non-hydrogen) atoms. The zero-order valence-corrected chi connectivity index (χ0v) is 8.77. The smallest absolute Gasteiger partial charge is 0.166 e. The lowest BCUT2D eigenvalue weighted by atomic mass is 10.0. The lowest BCUT2D eigenvalue weighted by Gasteiger charge is -2.12. The number of hydrogen-bond donors (Lipinski definition) is 2. The molecule has 0 fully saturated rings. The van der Waals surface area contributed by atoms with Crippen LogP contribution in [0.4, 0.5) is 4.39 Å². The highest BCUT2D eigenvalue weighted by Gasteiger charge is 2.15. The number of phenols is 1. The Hall–Kier alpha value is -0.800. The van der Waals surface area contributed by atoms with Crippen molar-refractivity contribution in [3.8, 4) is 5.75 Å². The molecule has 0 aromatic heterocycles. The van der Waals surface area contributed by atoms with Crippen LogP contribution in [-0.4, -0.2) is 16.3 Å². The average molecular weight is 219 g/mol. The fraction of sp³-hybridized carbons (Fsp3) is 0.400. The van der Waals surface area contributed by atoms with Crippen LogP contribution < -0.4 is 0 Å². The van der Waals surface area contributed by atoms with E-state index in [4.69, 9.17) is 16.7 Å². The highest BCUT2D eigenvalue weighted by atomic mass is 35.5. The summed E-state index contributed by atoms with van der Waals surface area (Å²) >= 11 is 5.74. The van der Waals surface area contributed by atoms with E-state index in [2.05, 4.69) is 0 Å². The maximum atomic E-state index is 13.1. The van der Waals surface area contributed by atoms with Crippen LogP contribution in [0.15, 0.2) is 6.07 Å². The summed E-state index contributed by atoms with van der Waals surface area (Å²) in [5.41, 5.74) is 0.969. The maximum absolute atomic E-state index is 13.1. The Morgan fingerprint density at radius 1 is 1.57 bits per heavy atom. The summed E-state index contributed by atoms with van der Waals surface area (Å²) in [6.45, 7) is 3.25. The average Bonchev–Trinajstić information content (AvgIpc) is 2.09. The Balaban J connectivity index is 3.25. The molecule has 78 valence electrons. The Labute approximate surface area is 86.9 Å². The monoisotopic (exact) mass is 218 g/mol. The maximum Gasteiger partial charge on any atom is 0.166 e. The van der Waals surface area contributed by atoms with Gasteiger partial charge in [0.25, 0.3) is 0 Å². The van der Waals surface area contributed by atoms with Crippen LogP contribution in [0.1, 0.15) is 18.1 Å². The molecule has 2 N–H and O–H groups in total. The normalized spacial score (nSPS) is 12.9. The summed E-state index contributed by atoms with van der Waals surface area (Å²) in [7, 11) is 0. The molecule has 0 spiro atoms. The topological polar surface area (TPSA) is 40.5 Å². The second-order valence-corrected chi connectivity index (χ2v) is 3.75. The molecule has 0 saturated heterocycles. The highest BCUT2D eigenvalue weighted by molar-refractivity contribution is 6.31. The Kier molecular flexibility index (Phi) is 3.34. The van der Waals surface area contributed by atoms with Crippen LogP contribution >= 0.6 is 11.6 Å². The number of aliphatic hydroxyl groups excluding tert-OH is 1. The van der Waals surface area contributed by atoms with Gasteiger partial charge in [0.05, 0.1) is 6.10 Å². The minimum Gasteiger partial charge on any atom is -0.505 e. The van der Waals surface area contributed by atoms with Crippen molar-refractivity contribution in [2.75, 3.05) is 0 Å². The van der Waals surface area contributed by atoms with Crippen molar-refractivity contribution >= 4 is 11.6 Å². The van der Waals surface area contributed by atoms with E-state index >= 15 is 0 Å². The third-order valence-corrected chi connectivity index (χ3v) is 2.47. The van der Waals surface area contributed by atoms with Gasteiger partial charge < -0.3 is 10.2 Å². The van der Waals surface area contributed by atoms with Crippen molar-refractivity contribution in [2.24, 2.45) is 0 Å². The van der Waals surface area contributed by atoms with Crippen LogP contribution in [0, 0.1) is 12.7 Å². The van der Waals surface area contributed by atoms with Gasteiger partial charge in [-0.2, -0.15) is 0 Å². The molecular weight excluding hydrogens is 207 g/mol. The van der Waals surface area contributed by atoms with Gasteiger partial charge in [-0.3, -0.25) is 0 Å². The second kappa shape index (κ2) is 4.15. The van der Waals surface area contributed by atoms with Crippen molar-refractivity contribution in [2.45, 2.75) is 26.4 Å². The highest BCUT2D eigenvalue weighted by Crippen LogP contribution is 2.31. The molecule has 0 amide bonds. The molecule has 0 radical (unpaired) electrons. The second-order valence-electron chi connectivity index (χ2n) is 3.35. The number of rotatable bonds is 2. The van der Waals surface area contributed by atoms with E-state index in [1.165, 1.54) is 0 Å². The zero-order valence-electron chi connectivity index (χ0n) is 8.01. The van der Waals surface area contributed by atoms with Crippen LogP contribution in [0.5, 0.6) is 5.75 Å². The van der Waals surface area contributed by atoms with Crippen LogP contribution in [0.2, 0.25) is 5.02 Å². The van der Waals surface area contributed by atoms with E-state index in [-0.39, 0.29) is 11.4 Å². The van der Waals surface area contributed by atoms with Gasteiger partial charge in [0.15, 0.2) is 11.6 Å². The van der Waals surface area contributed by atoms with Gasteiger partial charge in [0, 0.05) is 17.0 Å². The van der Waals surface area contributed by atoms with Crippen molar-refractivity contribution in [3.05, 3.63) is 28.0 Å². The Morgan fingerprint density at radius 3 is 2.64 bits per heavy atom. The molecule has 1 atom stereocenters. The first-order chi connectivity index (χ1) is 6.43. The van der Waals surface area contributed by atoms with Gasteiger partial charge in [-0.05, 0) is 25.5 Å². The number of phenolic OH excluding ortho intramolecular Hbond substituents is 1. The molecule has 2 nitrogen and oxygen atoms in total. The largest absolute Gasteiger partial charge is 0.505 e. The van der Waals surface area contributed by atoms with Gasteiger partial charge in [-0.1, -0.05) is 11.6 Å². The number of aromatic hydroxyl groups is 1. The third-order valence-electron chi connectivity index (χ3n) is 2.08. The van der Waals surface area contributed by atoms with Crippen molar-refractivity contribution < 1.29 is 14.6 Å². The molecule has 0 aliphatic heterocycles. The van der Waals surface area contributed by atoms with Gasteiger partial charge in [-0.15, -0.1) is 0 Å². The van der Waals surface area contributed by atoms with Crippen LogP contribution in [0.3, 0.4) is 0 Å². The summed E-state index contributed by atoms with van der Waals surface area (Å²) in [5, 5.41) is 18.8. The first-order valence-electron chi connectivity index (χ1n) is 4.28. The summed E-state index contributed by atoms with van der Waals surface area (Å²) in [5.74, 6) is -1.18. The predicted molar refractivity (Wildman–Crippen MR) is 53.2 cm³/mol. The van der Waals surface area contributed by atoms with Crippen LogP contribution in [0.25, 0.3) is 0 Å². The molecule has 1 unspecified atom stereocenters. The first kappa shape index (κ1) is 11.3. The molecule has 0 aliphatic rings. The van der Waals surface area contributed by atoms with E-state index < -0.39 is 17.7 Å². The van der Waals surface area contributed by atoms with Gasteiger partial charge in [0.1, 0.15) is 0 Å². The third kappa shape index (κ3) is 2.16. The fourth-order valence-corrected chi connectivity index (χ4v) is 1.51. The minimum atomic E-state index is -0.753. The summed E-state index contributed by atoms with van der Waals surface area (Å²) in [4.78, 5) is 0. The zero-order chi connectivity index (χ0) is 10.9. The lowest BCUT2D eigenvalue weighted by molar-refractivity contribution is 0.193. The predicted octanol–water partition coefficient (Wildman–Crippen LogP) is 2.42. The molecule has 0 saturated carbocycles. The minimum absolute atomic E-state index is 0.190. The van der Waals surface area contributed by atoms with E-state index in [0.29, 0.717) is 11.1 Å². The number of aliphatic hydroxyl groups is 1. The Bertz CT molecular complexity index is 324. The van der Waals surface area contributed by atoms with Gasteiger partial charge in [-0.25, -0.2) is 4.39 Å². The summed E-state index contributed by atoms with van der Waals surface area (Å²) < 4.78 is 13.1. The van der Waals surface area contributed by atoms with E-state index in [1.54, 1.807) is 13.8 Å². The molecular formula is C10H12ClFO2. The number of hydrogen-bond acceptors (Lipinski definition) is 2. The van der Waals surface area contributed by atoms with Gasteiger partial charge in [0.2, 0.25) is 0 Å². The molecule has 1 aromatic carbocycles. The summed E-state index contributed by atoms with van der Waals surface area (Å²) in [6.07, 6.45) is -0.452. The molecule has 1 aromatic rings. The lowest BCUT2D eigenvalue weighted by Crippen LogP contribution is -2.07. The van der Waals surface area contributed by atoms with E-state index in [9.17, 15) is 9.50 Å². The Morgan fingerprint density at radius 2 is 2.14 bits per heavy atom. The van der Waals surface area contributed by atoms with Gasteiger partial charge >= 0.3 is 0 Å². The number of benzene rings is 1.